The third kappa shape index (κ3) is 3.58. The Hall–Kier alpha value is -1.31. The lowest BCUT2D eigenvalue weighted by molar-refractivity contribution is -0.141. The van der Waals surface area contributed by atoms with Gasteiger partial charge in [0.2, 0.25) is 0 Å². The maximum Gasteiger partial charge on any atom is 0.306 e. The molecule has 0 bridgehead atoms. The third-order valence-corrected chi connectivity index (χ3v) is 3.27. The molecule has 0 aromatic heterocycles. The fraction of sp³-hybridized carbons (Fsp3) is 0.533. The van der Waals surface area contributed by atoms with Crippen LogP contribution in [-0.2, 0) is 22.4 Å². The quantitative estimate of drug-likeness (QED) is 0.728. The molecule has 1 aromatic rings. The number of hydrogen-bond donors (Lipinski definition) is 0. The van der Waals surface area contributed by atoms with Crippen LogP contribution in [0.2, 0.25) is 0 Å². The van der Waals surface area contributed by atoms with E-state index in [1.165, 1.54) is 24.0 Å². The van der Waals surface area contributed by atoms with Crippen LogP contribution in [0.15, 0.2) is 24.3 Å². The average molecular weight is 232 g/mol. The summed E-state index contributed by atoms with van der Waals surface area (Å²) in [4.78, 5) is 11.0. The molecule has 1 saturated heterocycles. The van der Waals surface area contributed by atoms with Gasteiger partial charge in [0, 0.05) is 12.8 Å². The molecule has 1 aromatic carbocycles. The fourth-order valence-electron chi connectivity index (χ4n) is 2.21. The van der Waals surface area contributed by atoms with E-state index in [0.29, 0.717) is 6.42 Å². The first-order valence-corrected chi connectivity index (χ1v) is 6.55. The lowest BCUT2D eigenvalue weighted by Gasteiger charge is -2.09. The van der Waals surface area contributed by atoms with Crippen molar-refractivity contribution >= 4 is 5.97 Å². The second-order valence-corrected chi connectivity index (χ2v) is 4.77. The fourth-order valence-corrected chi connectivity index (χ4v) is 2.21. The van der Waals surface area contributed by atoms with E-state index in [4.69, 9.17) is 4.74 Å². The number of carbonyl (C=O) groups excluding carboxylic acids is 1. The number of rotatable bonds is 5. The standard InChI is InChI=1S/C15H20O2/c1-2-3-4-12-5-7-13(8-6-12)11-14-9-10-15(16)17-14/h5-8,14H,2-4,9-11H2,1H3. The maximum atomic E-state index is 11.0. The zero-order valence-corrected chi connectivity index (χ0v) is 10.4. The minimum Gasteiger partial charge on any atom is -0.462 e. The van der Waals surface area contributed by atoms with Crippen molar-refractivity contribution in [3.8, 4) is 0 Å². The summed E-state index contributed by atoms with van der Waals surface area (Å²) in [6.45, 7) is 2.21. The molecule has 0 radical (unpaired) electrons. The predicted octanol–water partition coefficient (Wildman–Crippen LogP) is 3.28. The van der Waals surface area contributed by atoms with Gasteiger partial charge in [-0.3, -0.25) is 4.79 Å². The molecular formula is C15H20O2. The Morgan fingerprint density at radius 1 is 1.24 bits per heavy atom. The Balaban J connectivity index is 1.87. The van der Waals surface area contributed by atoms with E-state index in [-0.39, 0.29) is 12.1 Å². The molecule has 0 aliphatic carbocycles. The third-order valence-electron chi connectivity index (χ3n) is 3.27. The molecular weight excluding hydrogens is 212 g/mol. The van der Waals surface area contributed by atoms with E-state index in [2.05, 4.69) is 31.2 Å². The van der Waals surface area contributed by atoms with Crippen molar-refractivity contribution in [3.63, 3.8) is 0 Å². The Morgan fingerprint density at radius 2 is 1.94 bits per heavy atom. The van der Waals surface area contributed by atoms with Crippen LogP contribution in [0.3, 0.4) is 0 Å². The highest BCUT2D eigenvalue weighted by Crippen LogP contribution is 2.19. The molecule has 0 spiro atoms. The molecule has 1 aliphatic heterocycles. The van der Waals surface area contributed by atoms with Crippen LogP contribution in [0.4, 0.5) is 0 Å². The molecule has 1 aliphatic rings. The van der Waals surface area contributed by atoms with Crippen molar-refractivity contribution in [1.82, 2.24) is 0 Å². The van der Waals surface area contributed by atoms with Gasteiger partial charge in [0.15, 0.2) is 0 Å². The van der Waals surface area contributed by atoms with Crippen LogP contribution >= 0.6 is 0 Å². The largest absolute Gasteiger partial charge is 0.462 e. The van der Waals surface area contributed by atoms with E-state index in [1.54, 1.807) is 0 Å². The van der Waals surface area contributed by atoms with Gasteiger partial charge in [0.1, 0.15) is 6.10 Å². The molecule has 92 valence electrons. The van der Waals surface area contributed by atoms with Gasteiger partial charge in [-0.25, -0.2) is 0 Å². The smallest absolute Gasteiger partial charge is 0.306 e. The monoisotopic (exact) mass is 232 g/mol. The summed E-state index contributed by atoms with van der Waals surface area (Å²) in [5, 5.41) is 0. The average Bonchev–Trinajstić information content (AvgIpc) is 2.74. The van der Waals surface area contributed by atoms with Crippen LogP contribution in [0, 0.1) is 0 Å². The second-order valence-electron chi connectivity index (χ2n) is 4.77. The summed E-state index contributed by atoms with van der Waals surface area (Å²) in [6, 6.07) is 8.72. The number of ether oxygens (including phenoxy) is 1. The van der Waals surface area contributed by atoms with Gasteiger partial charge in [-0.2, -0.15) is 0 Å². The van der Waals surface area contributed by atoms with Crippen molar-refractivity contribution in [1.29, 1.82) is 0 Å². The number of esters is 1. The molecule has 1 heterocycles. The summed E-state index contributed by atoms with van der Waals surface area (Å²) in [7, 11) is 0. The molecule has 0 saturated carbocycles. The van der Waals surface area contributed by atoms with Gasteiger partial charge in [0.05, 0.1) is 0 Å². The summed E-state index contributed by atoms with van der Waals surface area (Å²) in [6.07, 6.45) is 6.06. The summed E-state index contributed by atoms with van der Waals surface area (Å²) < 4.78 is 5.22. The first-order chi connectivity index (χ1) is 8.28. The Labute approximate surface area is 103 Å². The van der Waals surface area contributed by atoms with E-state index in [0.717, 1.165) is 19.3 Å². The van der Waals surface area contributed by atoms with Crippen LogP contribution < -0.4 is 0 Å². The van der Waals surface area contributed by atoms with Gasteiger partial charge in [0.25, 0.3) is 0 Å². The lowest BCUT2D eigenvalue weighted by atomic mass is 10.0. The molecule has 0 N–H and O–H groups in total. The van der Waals surface area contributed by atoms with E-state index in [9.17, 15) is 4.79 Å². The van der Waals surface area contributed by atoms with Crippen molar-refractivity contribution < 1.29 is 9.53 Å². The SMILES string of the molecule is CCCCc1ccc(CC2CCC(=O)O2)cc1. The zero-order valence-electron chi connectivity index (χ0n) is 10.4. The van der Waals surface area contributed by atoms with Crippen LogP contribution in [0.5, 0.6) is 0 Å². The molecule has 1 fully saturated rings. The number of unbranched alkanes of at least 4 members (excludes halogenated alkanes) is 1. The second kappa shape index (κ2) is 5.85. The molecule has 17 heavy (non-hydrogen) atoms. The lowest BCUT2D eigenvalue weighted by Crippen LogP contribution is -2.10. The Bertz CT molecular complexity index is 367. The van der Waals surface area contributed by atoms with Gasteiger partial charge >= 0.3 is 5.97 Å². The van der Waals surface area contributed by atoms with Crippen molar-refractivity contribution in [3.05, 3.63) is 35.4 Å². The topological polar surface area (TPSA) is 26.3 Å². The summed E-state index contributed by atoms with van der Waals surface area (Å²) in [5.74, 6) is -0.0467. The van der Waals surface area contributed by atoms with Crippen LogP contribution in [-0.4, -0.2) is 12.1 Å². The van der Waals surface area contributed by atoms with E-state index < -0.39 is 0 Å². The minimum atomic E-state index is -0.0467. The van der Waals surface area contributed by atoms with Gasteiger partial charge in [-0.05, 0) is 30.4 Å². The molecule has 1 unspecified atom stereocenters. The van der Waals surface area contributed by atoms with E-state index in [1.807, 2.05) is 0 Å². The highest BCUT2D eigenvalue weighted by atomic mass is 16.5. The molecule has 0 amide bonds. The number of hydrogen-bond acceptors (Lipinski definition) is 2. The first kappa shape index (κ1) is 12.2. The van der Waals surface area contributed by atoms with Gasteiger partial charge < -0.3 is 4.74 Å². The Kier molecular flexibility index (Phi) is 4.18. The molecule has 1 atom stereocenters. The van der Waals surface area contributed by atoms with Crippen molar-refractivity contribution in [2.75, 3.05) is 0 Å². The maximum absolute atomic E-state index is 11.0. The summed E-state index contributed by atoms with van der Waals surface area (Å²) in [5.41, 5.74) is 2.67. The highest BCUT2D eigenvalue weighted by Gasteiger charge is 2.23. The van der Waals surface area contributed by atoms with Crippen LogP contribution in [0.25, 0.3) is 0 Å². The zero-order chi connectivity index (χ0) is 12.1. The van der Waals surface area contributed by atoms with Crippen molar-refractivity contribution in [2.45, 2.75) is 51.6 Å². The van der Waals surface area contributed by atoms with Gasteiger partial charge in [-0.15, -0.1) is 0 Å². The number of cyclic esters (lactones) is 1. The molecule has 2 heteroatoms. The highest BCUT2D eigenvalue weighted by molar-refractivity contribution is 5.71. The normalized spacial score (nSPS) is 19.4. The number of benzene rings is 1. The number of aryl methyl sites for hydroxylation is 1. The Morgan fingerprint density at radius 3 is 2.53 bits per heavy atom. The minimum absolute atomic E-state index is 0.0467. The molecule has 2 rings (SSSR count). The molecule has 2 nitrogen and oxygen atoms in total. The number of carbonyl (C=O) groups is 1. The first-order valence-electron chi connectivity index (χ1n) is 6.55. The predicted molar refractivity (Wildman–Crippen MR) is 67.9 cm³/mol. The summed E-state index contributed by atoms with van der Waals surface area (Å²) >= 11 is 0. The van der Waals surface area contributed by atoms with E-state index >= 15 is 0 Å². The van der Waals surface area contributed by atoms with Crippen LogP contribution in [0.1, 0.15) is 43.7 Å². The van der Waals surface area contributed by atoms with Crippen molar-refractivity contribution in [2.24, 2.45) is 0 Å². The van der Waals surface area contributed by atoms with Gasteiger partial charge in [-0.1, -0.05) is 37.6 Å².